The van der Waals surface area contributed by atoms with Gasteiger partial charge in [-0.3, -0.25) is 13.9 Å². The summed E-state index contributed by atoms with van der Waals surface area (Å²) >= 11 is 6.05. The Hall–Kier alpha value is -3.43. The minimum atomic E-state index is -3.88. The van der Waals surface area contributed by atoms with Crippen LogP contribution < -0.4 is 9.62 Å². The average Bonchev–Trinajstić information content (AvgIpc) is 2.85. The van der Waals surface area contributed by atoms with Crippen molar-refractivity contribution in [2.75, 3.05) is 24.2 Å². The number of anilines is 1. The summed E-state index contributed by atoms with van der Waals surface area (Å²) in [6.45, 7) is 1.13. The van der Waals surface area contributed by atoms with Crippen LogP contribution in [0, 0.1) is 12.7 Å². The Labute approximate surface area is 221 Å². The summed E-state index contributed by atoms with van der Waals surface area (Å²) in [5, 5.41) is 3.04. The molecule has 7 nitrogen and oxygen atoms in total. The number of sulfonamides is 1. The zero-order valence-corrected chi connectivity index (χ0v) is 22.4. The second-order valence-electron chi connectivity index (χ2n) is 8.67. The van der Waals surface area contributed by atoms with Gasteiger partial charge in [0, 0.05) is 25.0 Å². The van der Waals surface area contributed by atoms with Gasteiger partial charge in [0.1, 0.15) is 18.4 Å². The molecule has 0 saturated carbocycles. The number of nitrogens with one attached hydrogen (secondary N) is 1. The molecule has 1 atom stereocenters. The van der Waals surface area contributed by atoms with Crippen LogP contribution in [0.3, 0.4) is 0 Å². The fraction of sp³-hybridized carbons (Fsp3) is 0.259. The van der Waals surface area contributed by atoms with Crippen molar-refractivity contribution in [3.63, 3.8) is 0 Å². The van der Waals surface area contributed by atoms with Crippen LogP contribution in [0.5, 0.6) is 0 Å². The predicted octanol–water partition coefficient (Wildman–Crippen LogP) is 3.94. The molecule has 0 aliphatic rings. The van der Waals surface area contributed by atoms with Gasteiger partial charge in [0.05, 0.1) is 11.9 Å². The number of benzene rings is 3. The van der Waals surface area contributed by atoms with E-state index in [0.717, 1.165) is 16.1 Å². The summed E-state index contributed by atoms with van der Waals surface area (Å²) in [6.07, 6.45) is 1.21. The topological polar surface area (TPSA) is 86.8 Å². The molecule has 0 aromatic heterocycles. The minimum absolute atomic E-state index is 0.0266. The van der Waals surface area contributed by atoms with Gasteiger partial charge in [-0.25, -0.2) is 12.8 Å². The second-order valence-corrected chi connectivity index (χ2v) is 11.0. The molecule has 0 bridgehead atoms. The van der Waals surface area contributed by atoms with E-state index in [0.29, 0.717) is 21.8 Å². The summed E-state index contributed by atoms with van der Waals surface area (Å²) < 4.78 is 40.1. The lowest BCUT2D eigenvalue weighted by molar-refractivity contribution is -0.139. The summed E-state index contributed by atoms with van der Waals surface area (Å²) in [5.74, 6) is -1.43. The predicted molar refractivity (Wildman–Crippen MR) is 143 cm³/mol. The van der Waals surface area contributed by atoms with Crippen LogP contribution in [0.4, 0.5) is 10.1 Å². The van der Waals surface area contributed by atoms with Crippen molar-refractivity contribution in [1.29, 1.82) is 0 Å². The van der Waals surface area contributed by atoms with Crippen molar-refractivity contribution in [1.82, 2.24) is 10.2 Å². The van der Waals surface area contributed by atoms with E-state index < -0.39 is 40.2 Å². The van der Waals surface area contributed by atoms with Crippen molar-refractivity contribution >= 4 is 39.1 Å². The van der Waals surface area contributed by atoms with E-state index in [1.54, 1.807) is 19.1 Å². The highest BCUT2D eigenvalue weighted by molar-refractivity contribution is 7.92. The van der Waals surface area contributed by atoms with Gasteiger partial charge in [-0.05, 0) is 53.9 Å². The van der Waals surface area contributed by atoms with Gasteiger partial charge in [0.2, 0.25) is 21.8 Å². The lowest BCUT2D eigenvalue weighted by atomic mass is 10.0. The smallest absolute Gasteiger partial charge is 0.244 e. The molecule has 0 aliphatic heterocycles. The molecule has 0 aliphatic carbocycles. The van der Waals surface area contributed by atoms with Gasteiger partial charge in [0.15, 0.2) is 0 Å². The van der Waals surface area contributed by atoms with Crippen LogP contribution in [0.1, 0.15) is 16.7 Å². The van der Waals surface area contributed by atoms with Gasteiger partial charge < -0.3 is 10.2 Å². The third-order valence-electron chi connectivity index (χ3n) is 5.89. The Kier molecular flexibility index (Phi) is 9.29. The van der Waals surface area contributed by atoms with Gasteiger partial charge in [0.25, 0.3) is 0 Å². The Bertz CT molecular complexity index is 1350. The van der Waals surface area contributed by atoms with E-state index >= 15 is 0 Å². The molecule has 0 unspecified atom stereocenters. The standard InChI is InChI=1S/C27H29ClFN3O4S/c1-19-15-22(28)11-14-24(19)32(37(3,35)36)18-26(33)31(17-21-9-12-23(29)13-10-21)25(27(34)30-2)16-20-7-5-4-6-8-20/h4-15,25H,16-18H2,1-3H3,(H,30,34)/t25-/m0/s1. The molecule has 0 heterocycles. The number of aryl methyl sites for hydroxylation is 1. The lowest BCUT2D eigenvalue weighted by Gasteiger charge is -2.33. The van der Waals surface area contributed by atoms with Crippen molar-refractivity contribution in [2.45, 2.75) is 25.9 Å². The normalized spacial score (nSPS) is 12.0. The van der Waals surface area contributed by atoms with Crippen molar-refractivity contribution in [2.24, 2.45) is 0 Å². The minimum Gasteiger partial charge on any atom is -0.357 e. The fourth-order valence-corrected chi connectivity index (χ4v) is 5.13. The number of hydrogen-bond donors (Lipinski definition) is 1. The maximum absolute atomic E-state index is 13.8. The second kappa shape index (κ2) is 12.2. The molecule has 0 saturated heterocycles. The molecule has 3 rings (SSSR count). The highest BCUT2D eigenvalue weighted by atomic mass is 35.5. The maximum atomic E-state index is 13.8. The third-order valence-corrected chi connectivity index (χ3v) is 7.25. The van der Waals surface area contributed by atoms with E-state index in [2.05, 4.69) is 5.32 Å². The van der Waals surface area contributed by atoms with Crippen LogP contribution in [0.25, 0.3) is 0 Å². The number of nitrogens with zero attached hydrogens (tertiary/aromatic N) is 2. The Morgan fingerprint density at radius 3 is 2.22 bits per heavy atom. The highest BCUT2D eigenvalue weighted by Gasteiger charge is 2.33. The number of amides is 2. The number of likely N-dealkylation sites (N-methyl/N-ethyl adjacent to an activating group) is 1. The molecule has 3 aromatic carbocycles. The third kappa shape index (κ3) is 7.53. The monoisotopic (exact) mass is 545 g/mol. The molecule has 3 aromatic rings. The number of carbonyl (C=O) groups is 2. The Balaban J connectivity index is 2.04. The van der Waals surface area contributed by atoms with Crippen LogP contribution >= 0.6 is 11.6 Å². The molecule has 1 N–H and O–H groups in total. The van der Waals surface area contributed by atoms with Crippen molar-refractivity contribution in [3.8, 4) is 0 Å². The van der Waals surface area contributed by atoms with Crippen molar-refractivity contribution < 1.29 is 22.4 Å². The van der Waals surface area contributed by atoms with Crippen LogP contribution in [0.2, 0.25) is 5.02 Å². The largest absolute Gasteiger partial charge is 0.357 e. The Morgan fingerprint density at radius 2 is 1.65 bits per heavy atom. The van der Waals surface area contributed by atoms with Crippen LogP contribution in [-0.2, 0) is 32.6 Å². The summed E-state index contributed by atoms with van der Waals surface area (Å²) in [4.78, 5) is 28.2. The zero-order valence-electron chi connectivity index (χ0n) is 20.8. The Morgan fingerprint density at radius 1 is 1.00 bits per heavy atom. The average molecular weight is 546 g/mol. The van der Waals surface area contributed by atoms with E-state index in [4.69, 9.17) is 11.6 Å². The zero-order chi connectivity index (χ0) is 27.2. The quantitative estimate of drug-likeness (QED) is 0.418. The van der Waals surface area contributed by atoms with E-state index in [1.807, 2.05) is 30.3 Å². The van der Waals surface area contributed by atoms with Gasteiger partial charge in [-0.15, -0.1) is 0 Å². The molecule has 0 fully saturated rings. The van der Waals surface area contributed by atoms with E-state index in [-0.39, 0.29) is 13.0 Å². The molecule has 10 heteroatoms. The molecular weight excluding hydrogens is 517 g/mol. The summed E-state index contributed by atoms with van der Waals surface area (Å²) in [6, 6.07) is 18.5. The molecule has 196 valence electrons. The molecule has 2 amide bonds. The van der Waals surface area contributed by atoms with Crippen molar-refractivity contribution in [3.05, 3.63) is 100 Å². The number of rotatable bonds is 10. The van der Waals surface area contributed by atoms with Gasteiger partial charge in [-0.1, -0.05) is 54.1 Å². The highest BCUT2D eigenvalue weighted by Crippen LogP contribution is 2.26. The van der Waals surface area contributed by atoms with Crippen LogP contribution in [0.15, 0.2) is 72.8 Å². The van der Waals surface area contributed by atoms with Gasteiger partial charge >= 0.3 is 0 Å². The molecular formula is C27H29ClFN3O4S. The number of carbonyl (C=O) groups excluding carboxylic acids is 2. The molecule has 0 spiro atoms. The molecule has 0 radical (unpaired) electrons. The summed E-state index contributed by atoms with van der Waals surface area (Å²) in [5.41, 5.74) is 2.29. The van der Waals surface area contributed by atoms with Crippen LogP contribution in [-0.4, -0.2) is 51.0 Å². The number of hydrogen-bond acceptors (Lipinski definition) is 4. The fourth-order valence-electron chi connectivity index (χ4n) is 4.00. The SMILES string of the molecule is CNC(=O)[C@H](Cc1ccccc1)N(Cc1ccc(F)cc1)C(=O)CN(c1ccc(Cl)cc1C)S(C)(=O)=O. The lowest BCUT2D eigenvalue weighted by Crippen LogP contribution is -2.53. The van der Waals surface area contributed by atoms with E-state index in [1.165, 1.54) is 42.3 Å². The first-order valence-corrected chi connectivity index (χ1v) is 13.8. The van der Waals surface area contributed by atoms with Gasteiger partial charge in [-0.2, -0.15) is 0 Å². The first kappa shape index (κ1) is 28.1. The van der Waals surface area contributed by atoms with E-state index in [9.17, 15) is 22.4 Å². The molecule has 37 heavy (non-hydrogen) atoms. The number of halogens is 2. The summed E-state index contributed by atoms with van der Waals surface area (Å²) in [7, 11) is -2.41. The first-order valence-electron chi connectivity index (χ1n) is 11.5. The first-order chi connectivity index (χ1) is 17.5. The maximum Gasteiger partial charge on any atom is 0.244 e.